The molecule has 0 spiro atoms. The van der Waals surface area contributed by atoms with E-state index in [9.17, 15) is 9.90 Å². The van der Waals surface area contributed by atoms with Gasteiger partial charge >= 0.3 is 5.97 Å². The Hall–Kier alpha value is -3.01. The number of cyclic esters (lactones) is 1. The molecule has 33 heavy (non-hydrogen) atoms. The van der Waals surface area contributed by atoms with Gasteiger partial charge in [0, 0.05) is 0 Å². The van der Waals surface area contributed by atoms with Gasteiger partial charge in [-0.15, -0.1) is 0 Å². The fourth-order valence-electron chi connectivity index (χ4n) is 3.61. The molecule has 1 N–H and O–H groups in total. The van der Waals surface area contributed by atoms with Gasteiger partial charge in [0.2, 0.25) is 0 Å². The standard InChI is InChI=1S/C24H30O9/c1-24(26)22(32-13-16-7-9-18(28-3)20(11-16)30-5)21(33-23(24)25)14-31-12-15-6-8-17(27-2)19(10-15)29-4/h6-11,21-22,26H,12-14H2,1-5H3/t21-,22-,24+/m1/s1. The Morgan fingerprint density at radius 2 is 1.36 bits per heavy atom. The first-order valence-corrected chi connectivity index (χ1v) is 10.4. The Morgan fingerprint density at radius 1 is 0.848 bits per heavy atom. The van der Waals surface area contributed by atoms with Crippen molar-refractivity contribution in [2.24, 2.45) is 0 Å². The third-order valence-corrected chi connectivity index (χ3v) is 5.44. The average Bonchev–Trinajstić information content (AvgIpc) is 3.04. The molecule has 1 fully saturated rings. The Balaban J connectivity index is 1.63. The number of aliphatic hydroxyl groups is 1. The fourth-order valence-corrected chi connectivity index (χ4v) is 3.61. The van der Waals surface area contributed by atoms with Crippen molar-refractivity contribution in [3.63, 3.8) is 0 Å². The third kappa shape index (κ3) is 5.50. The van der Waals surface area contributed by atoms with Crippen LogP contribution in [0.25, 0.3) is 0 Å². The van der Waals surface area contributed by atoms with Crippen LogP contribution in [0.4, 0.5) is 0 Å². The Morgan fingerprint density at radius 3 is 1.88 bits per heavy atom. The van der Waals surface area contributed by atoms with Crippen LogP contribution in [0.3, 0.4) is 0 Å². The van der Waals surface area contributed by atoms with Crippen LogP contribution < -0.4 is 18.9 Å². The molecule has 0 saturated carbocycles. The molecule has 0 radical (unpaired) electrons. The number of hydrogen-bond donors (Lipinski definition) is 1. The van der Waals surface area contributed by atoms with Crippen LogP contribution in [0, 0.1) is 0 Å². The predicted molar refractivity (Wildman–Crippen MR) is 118 cm³/mol. The molecule has 2 aromatic carbocycles. The molecule has 1 saturated heterocycles. The van der Waals surface area contributed by atoms with Crippen LogP contribution in [0.2, 0.25) is 0 Å². The summed E-state index contributed by atoms with van der Waals surface area (Å²) in [5, 5.41) is 10.7. The summed E-state index contributed by atoms with van der Waals surface area (Å²) in [5.74, 6) is 1.60. The average molecular weight is 462 g/mol. The van der Waals surface area contributed by atoms with E-state index >= 15 is 0 Å². The zero-order valence-electron chi connectivity index (χ0n) is 19.5. The van der Waals surface area contributed by atoms with Gasteiger partial charge in [-0.25, -0.2) is 4.79 Å². The van der Waals surface area contributed by atoms with E-state index < -0.39 is 23.8 Å². The number of carbonyl (C=O) groups excluding carboxylic acids is 1. The minimum absolute atomic E-state index is 0.0484. The van der Waals surface area contributed by atoms with Crippen molar-refractivity contribution in [3.05, 3.63) is 47.5 Å². The fraction of sp³-hybridized carbons (Fsp3) is 0.458. The quantitative estimate of drug-likeness (QED) is 0.505. The molecule has 0 unspecified atom stereocenters. The maximum Gasteiger partial charge on any atom is 0.341 e. The van der Waals surface area contributed by atoms with E-state index in [0.717, 1.165) is 11.1 Å². The van der Waals surface area contributed by atoms with Crippen LogP contribution in [0.1, 0.15) is 18.1 Å². The molecule has 3 rings (SSSR count). The lowest BCUT2D eigenvalue weighted by Crippen LogP contribution is -2.46. The molecule has 2 aromatic rings. The molecule has 1 aliphatic heterocycles. The van der Waals surface area contributed by atoms with Crippen molar-refractivity contribution >= 4 is 5.97 Å². The van der Waals surface area contributed by atoms with E-state index in [1.165, 1.54) is 6.92 Å². The molecule has 0 aromatic heterocycles. The first-order chi connectivity index (χ1) is 15.8. The maximum absolute atomic E-state index is 12.2. The predicted octanol–water partition coefficient (Wildman–Crippen LogP) is 2.50. The van der Waals surface area contributed by atoms with Gasteiger partial charge in [-0.3, -0.25) is 0 Å². The smallest absolute Gasteiger partial charge is 0.341 e. The lowest BCUT2D eigenvalue weighted by atomic mass is 9.98. The summed E-state index contributed by atoms with van der Waals surface area (Å²) in [7, 11) is 6.22. The largest absolute Gasteiger partial charge is 0.493 e. The number of rotatable bonds is 11. The molecule has 0 amide bonds. The summed E-state index contributed by atoms with van der Waals surface area (Å²) in [5.41, 5.74) is -0.159. The van der Waals surface area contributed by atoms with E-state index in [2.05, 4.69) is 0 Å². The molecular weight excluding hydrogens is 432 g/mol. The summed E-state index contributed by atoms with van der Waals surface area (Å²) in [4.78, 5) is 12.2. The molecule has 9 nitrogen and oxygen atoms in total. The summed E-state index contributed by atoms with van der Waals surface area (Å²) in [6, 6.07) is 10.8. The van der Waals surface area contributed by atoms with Crippen LogP contribution in [-0.4, -0.2) is 63.9 Å². The molecule has 1 aliphatic rings. The Bertz CT molecular complexity index is 957. The van der Waals surface area contributed by atoms with E-state index in [0.29, 0.717) is 23.0 Å². The van der Waals surface area contributed by atoms with Gasteiger partial charge in [0.1, 0.15) is 6.10 Å². The highest BCUT2D eigenvalue weighted by Gasteiger charge is 2.54. The SMILES string of the molecule is COc1ccc(COC[C@H]2OC(=O)[C@@](C)(O)[C@@H]2OCc2ccc(OC)c(OC)c2)cc1OC. The van der Waals surface area contributed by atoms with Crippen LogP contribution in [0.15, 0.2) is 36.4 Å². The Kier molecular flexibility index (Phi) is 8.01. The highest BCUT2D eigenvalue weighted by Crippen LogP contribution is 2.32. The first-order valence-electron chi connectivity index (χ1n) is 10.4. The van der Waals surface area contributed by atoms with Crippen LogP contribution >= 0.6 is 0 Å². The van der Waals surface area contributed by atoms with Crippen LogP contribution in [-0.2, 0) is 32.2 Å². The lowest BCUT2D eigenvalue weighted by molar-refractivity contribution is -0.156. The van der Waals surface area contributed by atoms with Gasteiger partial charge in [0.05, 0.1) is 48.3 Å². The number of methoxy groups -OCH3 is 4. The van der Waals surface area contributed by atoms with Crippen molar-refractivity contribution in [3.8, 4) is 23.0 Å². The molecule has 9 heteroatoms. The monoisotopic (exact) mass is 462 g/mol. The molecule has 0 bridgehead atoms. The molecule has 3 atom stereocenters. The van der Waals surface area contributed by atoms with E-state index in [1.807, 2.05) is 12.1 Å². The summed E-state index contributed by atoms with van der Waals surface area (Å²) < 4.78 is 38.1. The highest BCUT2D eigenvalue weighted by atomic mass is 16.6. The Labute approximate surface area is 193 Å². The summed E-state index contributed by atoms with van der Waals surface area (Å²) >= 11 is 0. The van der Waals surface area contributed by atoms with Crippen LogP contribution in [0.5, 0.6) is 23.0 Å². The van der Waals surface area contributed by atoms with Gasteiger partial charge in [-0.05, 0) is 42.3 Å². The second-order valence-electron chi connectivity index (χ2n) is 7.72. The van der Waals surface area contributed by atoms with Gasteiger partial charge in [-0.2, -0.15) is 0 Å². The molecule has 0 aliphatic carbocycles. The topological polar surface area (TPSA) is 102 Å². The first kappa shape index (κ1) is 24.6. The zero-order chi connectivity index (χ0) is 24.0. The van der Waals surface area contributed by atoms with E-state index in [4.69, 9.17) is 33.2 Å². The molecular formula is C24H30O9. The van der Waals surface area contributed by atoms with Gasteiger partial charge in [0.15, 0.2) is 34.7 Å². The summed E-state index contributed by atoms with van der Waals surface area (Å²) in [6.45, 7) is 1.80. The highest BCUT2D eigenvalue weighted by molar-refractivity contribution is 5.82. The molecule has 180 valence electrons. The second-order valence-corrected chi connectivity index (χ2v) is 7.72. The number of ether oxygens (including phenoxy) is 7. The number of esters is 1. The molecule has 1 heterocycles. The van der Waals surface area contributed by atoms with Gasteiger partial charge in [0.25, 0.3) is 0 Å². The maximum atomic E-state index is 12.2. The van der Waals surface area contributed by atoms with Crippen molar-refractivity contribution < 1.29 is 43.1 Å². The summed E-state index contributed by atoms with van der Waals surface area (Å²) in [6.07, 6.45) is -1.68. The third-order valence-electron chi connectivity index (χ3n) is 5.44. The minimum Gasteiger partial charge on any atom is -0.493 e. The second kappa shape index (κ2) is 10.7. The number of carbonyl (C=O) groups is 1. The van der Waals surface area contributed by atoms with Gasteiger partial charge < -0.3 is 38.3 Å². The lowest BCUT2D eigenvalue weighted by Gasteiger charge is -2.25. The van der Waals surface area contributed by atoms with Crippen molar-refractivity contribution in [2.45, 2.75) is 37.9 Å². The van der Waals surface area contributed by atoms with Crippen molar-refractivity contribution in [2.75, 3.05) is 35.0 Å². The number of hydrogen-bond acceptors (Lipinski definition) is 9. The zero-order valence-corrected chi connectivity index (χ0v) is 19.5. The number of benzene rings is 2. The van der Waals surface area contributed by atoms with E-state index in [1.54, 1.807) is 52.7 Å². The van der Waals surface area contributed by atoms with Crippen molar-refractivity contribution in [1.29, 1.82) is 0 Å². The van der Waals surface area contributed by atoms with Crippen molar-refractivity contribution in [1.82, 2.24) is 0 Å². The minimum atomic E-state index is -1.80. The van der Waals surface area contributed by atoms with E-state index in [-0.39, 0.29) is 19.8 Å². The normalized spacial score (nSPS) is 22.1. The van der Waals surface area contributed by atoms with Gasteiger partial charge in [-0.1, -0.05) is 12.1 Å².